The summed E-state index contributed by atoms with van der Waals surface area (Å²) >= 11 is 0. The zero-order valence-electron chi connectivity index (χ0n) is 15.6. The lowest BCUT2D eigenvalue weighted by atomic mass is 9.99. The summed E-state index contributed by atoms with van der Waals surface area (Å²) in [6.07, 6.45) is 3.09. The zero-order chi connectivity index (χ0) is 17.8. The second kappa shape index (κ2) is 7.59. The third-order valence-corrected chi connectivity index (χ3v) is 4.86. The van der Waals surface area contributed by atoms with Crippen LogP contribution in [0, 0.1) is 0 Å². The number of imidazole rings is 1. The Morgan fingerprint density at radius 2 is 2.08 bits per heavy atom. The molecule has 1 N–H and O–H groups in total. The van der Waals surface area contributed by atoms with Crippen molar-refractivity contribution in [3.63, 3.8) is 0 Å². The molecule has 1 aliphatic heterocycles. The molecular weight excluding hydrogens is 312 g/mol. The summed E-state index contributed by atoms with van der Waals surface area (Å²) in [5.41, 5.74) is 2.56. The van der Waals surface area contributed by atoms with Crippen molar-refractivity contribution in [1.29, 1.82) is 0 Å². The Bertz CT molecular complexity index is 719. The van der Waals surface area contributed by atoms with Crippen LogP contribution >= 0.6 is 0 Å². The molecule has 3 rings (SSSR count). The lowest BCUT2D eigenvalue weighted by Gasteiger charge is -2.22. The van der Waals surface area contributed by atoms with E-state index in [1.807, 2.05) is 39.3 Å². The Labute approximate surface area is 150 Å². The molecule has 1 saturated heterocycles. The highest BCUT2D eigenvalue weighted by Crippen LogP contribution is 2.26. The largest absolute Gasteiger partial charge is 0.351 e. The van der Waals surface area contributed by atoms with Crippen molar-refractivity contribution in [3.05, 3.63) is 47.8 Å². The number of nitrogens with zero attached hydrogens (tertiary/aromatic N) is 5. The number of nitrogens with one attached hydrogen (secondary N) is 1. The van der Waals surface area contributed by atoms with Gasteiger partial charge < -0.3 is 19.7 Å². The van der Waals surface area contributed by atoms with Gasteiger partial charge in [0, 0.05) is 47.2 Å². The van der Waals surface area contributed by atoms with Crippen LogP contribution in [-0.4, -0.2) is 54.6 Å². The highest BCUT2D eigenvalue weighted by atomic mass is 15.3. The van der Waals surface area contributed by atoms with Crippen molar-refractivity contribution < 1.29 is 0 Å². The summed E-state index contributed by atoms with van der Waals surface area (Å²) in [7, 11) is 7.91. The van der Waals surface area contributed by atoms with Gasteiger partial charge in [-0.05, 0) is 12.0 Å². The van der Waals surface area contributed by atoms with E-state index in [4.69, 9.17) is 0 Å². The van der Waals surface area contributed by atoms with Gasteiger partial charge in [-0.3, -0.25) is 4.99 Å². The maximum atomic E-state index is 4.48. The maximum absolute atomic E-state index is 4.48. The van der Waals surface area contributed by atoms with Crippen LogP contribution in [0.25, 0.3) is 0 Å². The Hall–Kier alpha value is -2.50. The molecular formula is C19H28N6. The molecule has 6 heteroatoms. The average molecular weight is 340 g/mol. The molecule has 6 nitrogen and oxygen atoms in total. The van der Waals surface area contributed by atoms with E-state index in [1.54, 1.807) is 0 Å². The number of rotatable bonds is 4. The van der Waals surface area contributed by atoms with Crippen LogP contribution < -0.4 is 10.2 Å². The van der Waals surface area contributed by atoms with E-state index < -0.39 is 0 Å². The molecule has 0 bridgehead atoms. The van der Waals surface area contributed by atoms with Crippen LogP contribution in [-0.2, 0) is 13.6 Å². The third kappa shape index (κ3) is 3.78. The summed E-state index contributed by atoms with van der Waals surface area (Å²) in [5.74, 6) is 2.50. The Balaban J connectivity index is 1.61. The van der Waals surface area contributed by atoms with Gasteiger partial charge in [-0.25, -0.2) is 4.98 Å². The molecule has 134 valence electrons. The molecule has 1 unspecified atom stereocenters. The standard InChI is InChI=1S/C19H28N6/c1-20-18(21-12-17-13-22-19(23(2)3)24(17)4)25-11-10-16(14-25)15-8-6-5-7-9-15/h5-9,13,16H,10-12,14H2,1-4H3,(H,20,21). The molecule has 2 aromatic rings. The highest BCUT2D eigenvalue weighted by Gasteiger charge is 2.26. The molecule has 2 heterocycles. The van der Waals surface area contributed by atoms with E-state index >= 15 is 0 Å². The van der Waals surface area contributed by atoms with Gasteiger partial charge in [0.25, 0.3) is 0 Å². The first-order valence-electron chi connectivity index (χ1n) is 8.78. The van der Waals surface area contributed by atoms with Gasteiger partial charge in [0.2, 0.25) is 5.95 Å². The van der Waals surface area contributed by atoms with Crippen LogP contribution in [0.15, 0.2) is 41.5 Å². The molecule has 1 aromatic heterocycles. The first kappa shape index (κ1) is 17.3. The topological polar surface area (TPSA) is 48.7 Å². The lowest BCUT2D eigenvalue weighted by Crippen LogP contribution is -2.39. The Morgan fingerprint density at radius 3 is 2.72 bits per heavy atom. The molecule has 0 aliphatic carbocycles. The average Bonchev–Trinajstić information content (AvgIpc) is 3.24. The minimum absolute atomic E-state index is 0.580. The monoisotopic (exact) mass is 340 g/mol. The van der Waals surface area contributed by atoms with E-state index in [2.05, 4.69) is 55.1 Å². The minimum Gasteiger partial charge on any atom is -0.351 e. The lowest BCUT2D eigenvalue weighted by molar-refractivity contribution is 0.484. The van der Waals surface area contributed by atoms with Gasteiger partial charge in [-0.2, -0.15) is 0 Å². The van der Waals surface area contributed by atoms with E-state index in [-0.39, 0.29) is 0 Å². The Morgan fingerprint density at radius 1 is 1.32 bits per heavy atom. The van der Waals surface area contributed by atoms with E-state index in [0.717, 1.165) is 37.2 Å². The second-order valence-corrected chi connectivity index (χ2v) is 6.75. The van der Waals surface area contributed by atoms with Crippen molar-refractivity contribution >= 4 is 11.9 Å². The van der Waals surface area contributed by atoms with Crippen molar-refractivity contribution in [2.24, 2.45) is 12.0 Å². The first-order chi connectivity index (χ1) is 12.1. The fourth-order valence-electron chi connectivity index (χ4n) is 3.47. The fraction of sp³-hybridized carbons (Fsp3) is 0.474. The molecule has 1 atom stereocenters. The van der Waals surface area contributed by atoms with Crippen molar-refractivity contribution in [3.8, 4) is 0 Å². The van der Waals surface area contributed by atoms with Gasteiger partial charge in [0.1, 0.15) is 0 Å². The highest BCUT2D eigenvalue weighted by molar-refractivity contribution is 5.80. The maximum Gasteiger partial charge on any atom is 0.204 e. The van der Waals surface area contributed by atoms with Crippen LogP contribution in [0.1, 0.15) is 23.6 Å². The minimum atomic E-state index is 0.580. The summed E-state index contributed by atoms with van der Waals surface area (Å²) in [6.45, 7) is 2.77. The van der Waals surface area contributed by atoms with Crippen molar-refractivity contribution in [2.75, 3.05) is 39.1 Å². The predicted octanol–water partition coefficient (Wildman–Crippen LogP) is 2.05. The molecule has 0 saturated carbocycles. The number of hydrogen-bond acceptors (Lipinski definition) is 3. The number of benzene rings is 1. The van der Waals surface area contributed by atoms with Gasteiger partial charge in [0.15, 0.2) is 5.96 Å². The normalized spacial score (nSPS) is 17.8. The SMILES string of the molecule is CN=C(NCc1cnc(N(C)C)n1C)N1CCC(c2ccccc2)C1. The Kier molecular flexibility index (Phi) is 5.26. The second-order valence-electron chi connectivity index (χ2n) is 6.75. The molecule has 0 spiro atoms. The number of anilines is 1. The molecule has 0 radical (unpaired) electrons. The predicted molar refractivity (Wildman–Crippen MR) is 103 cm³/mol. The molecule has 25 heavy (non-hydrogen) atoms. The molecule has 1 fully saturated rings. The van der Waals surface area contributed by atoms with E-state index in [0.29, 0.717) is 5.92 Å². The number of aromatic nitrogens is 2. The van der Waals surface area contributed by atoms with Crippen molar-refractivity contribution in [1.82, 2.24) is 19.8 Å². The molecule has 1 aliphatic rings. The number of guanidine groups is 1. The van der Waals surface area contributed by atoms with Gasteiger partial charge in [-0.15, -0.1) is 0 Å². The van der Waals surface area contributed by atoms with Crippen molar-refractivity contribution in [2.45, 2.75) is 18.9 Å². The van der Waals surface area contributed by atoms with Gasteiger partial charge in [0.05, 0.1) is 18.4 Å². The number of likely N-dealkylation sites (tertiary alicyclic amines) is 1. The summed E-state index contributed by atoms with van der Waals surface area (Å²) < 4.78 is 2.11. The van der Waals surface area contributed by atoms with Crippen LogP contribution in [0.2, 0.25) is 0 Å². The summed E-state index contributed by atoms with van der Waals surface area (Å²) in [6, 6.07) is 10.8. The quantitative estimate of drug-likeness (QED) is 0.684. The van der Waals surface area contributed by atoms with Gasteiger partial charge in [-0.1, -0.05) is 30.3 Å². The fourth-order valence-corrected chi connectivity index (χ4v) is 3.47. The van der Waals surface area contributed by atoms with Crippen LogP contribution in [0.3, 0.4) is 0 Å². The van der Waals surface area contributed by atoms with E-state index in [9.17, 15) is 0 Å². The third-order valence-electron chi connectivity index (χ3n) is 4.86. The number of aliphatic imine (C=N–C) groups is 1. The summed E-state index contributed by atoms with van der Waals surface area (Å²) in [4.78, 5) is 13.3. The van der Waals surface area contributed by atoms with Gasteiger partial charge >= 0.3 is 0 Å². The number of hydrogen-bond donors (Lipinski definition) is 1. The molecule has 1 aromatic carbocycles. The zero-order valence-corrected chi connectivity index (χ0v) is 15.6. The van der Waals surface area contributed by atoms with E-state index in [1.165, 1.54) is 12.0 Å². The summed E-state index contributed by atoms with van der Waals surface area (Å²) in [5, 5.41) is 3.49. The molecule has 0 amide bonds. The van der Waals surface area contributed by atoms with Crippen LogP contribution in [0.5, 0.6) is 0 Å². The first-order valence-corrected chi connectivity index (χ1v) is 8.78. The smallest absolute Gasteiger partial charge is 0.204 e. The van der Waals surface area contributed by atoms with Crippen LogP contribution in [0.4, 0.5) is 5.95 Å².